The number of carbonyl (C=O) groups is 1. The fraction of sp³-hybridized carbons (Fsp3) is 0.200. The number of ether oxygens (including phenoxy) is 1. The van der Waals surface area contributed by atoms with Gasteiger partial charge in [-0.3, -0.25) is 5.41 Å². The van der Waals surface area contributed by atoms with Crippen molar-refractivity contribution in [1.29, 1.82) is 5.41 Å². The molecule has 0 aliphatic heterocycles. The Morgan fingerprint density at radius 2 is 1.94 bits per heavy atom. The van der Waals surface area contributed by atoms with Crippen LogP contribution >= 0.6 is 11.6 Å². The highest BCUT2D eigenvalue weighted by atomic mass is 35.5. The molecule has 1 unspecified atom stereocenters. The molecule has 16 heavy (non-hydrogen) atoms. The van der Waals surface area contributed by atoms with E-state index in [9.17, 15) is 4.79 Å². The summed E-state index contributed by atoms with van der Waals surface area (Å²) in [6.07, 6.45) is -1.48. The smallest absolute Gasteiger partial charge is 0.405 e. The number of carbonyl (C=O) groups excluding carboxylic acids is 1. The van der Waals surface area contributed by atoms with Crippen LogP contribution in [0, 0.1) is 5.41 Å². The molecule has 6 heteroatoms. The minimum atomic E-state index is -0.950. The van der Waals surface area contributed by atoms with Gasteiger partial charge >= 0.3 is 6.09 Å². The van der Waals surface area contributed by atoms with Crippen LogP contribution in [0.2, 0.25) is 5.02 Å². The molecule has 1 aromatic carbocycles. The number of nitrogens with one attached hydrogen (secondary N) is 1. The van der Waals surface area contributed by atoms with Gasteiger partial charge in [0.05, 0.1) is 0 Å². The number of benzene rings is 1. The quantitative estimate of drug-likeness (QED) is 0.547. The van der Waals surface area contributed by atoms with Crippen LogP contribution in [0.5, 0.6) is 0 Å². The van der Waals surface area contributed by atoms with E-state index in [0.29, 0.717) is 11.4 Å². The molecule has 0 bridgehead atoms. The Morgan fingerprint density at radius 1 is 1.38 bits per heavy atom. The highest BCUT2D eigenvalue weighted by molar-refractivity contribution is 6.30. The fourth-order valence-electron chi connectivity index (χ4n) is 1.19. The van der Waals surface area contributed by atoms with Crippen LogP contribution in [0.3, 0.4) is 0 Å². The Labute approximate surface area is 97.8 Å². The van der Waals surface area contributed by atoms with E-state index >= 15 is 0 Å². The molecule has 86 valence electrons. The van der Waals surface area contributed by atoms with Crippen LogP contribution in [-0.4, -0.2) is 18.0 Å². The predicted molar refractivity (Wildman–Crippen MR) is 61.5 cm³/mol. The lowest BCUT2D eigenvalue weighted by molar-refractivity contribution is 0.136. The Morgan fingerprint density at radius 3 is 2.38 bits per heavy atom. The maximum Gasteiger partial charge on any atom is 0.405 e. The van der Waals surface area contributed by atoms with Gasteiger partial charge in [0.1, 0.15) is 5.84 Å². The summed E-state index contributed by atoms with van der Waals surface area (Å²) in [5.74, 6) is -0.242. The molecule has 0 spiro atoms. The monoisotopic (exact) mass is 241 g/mol. The van der Waals surface area contributed by atoms with Crippen LogP contribution in [-0.2, 0) is 11.2 Å². The van der Waals surface area contributed by atoms with Crippen molar-refractivity contribution in [3.05, 3.63) is 34.9 Å². The summed E-state index contributed by atoms with van der Waals surface area (Å²) in [5, 5.41) is 7.87. The first-order valence-corrected chi connectivity index (χ1v) is 4.91. The van der Waals surface area contributed by atoms with Gasteiger partial charge in [-0.2, -0.15) is 0 Å². The van der Waals surface area contributed by atoms with Crippen LogP contribution in [0.25, 0.3) is 0 Å². The zero-order valence-corrected chi connectivity index (χ0v) is 9.20. The molecule has 0 aromatic heterocycles. The number of nitrogens with two attached hydrogens (primary N) is 2. The lowest BCUT2D eigenvalue weighted by atomic mass is 10.1. The van der Waals surface area contributed by atoms with E-state index in [4.69, 9.17) is 33.2 Å². The summed E-state index contributed by atoms with van der Waals surface area (Å²) < 4.78 is 4.70. The Hall–Kier alpha value is -1.75. The Bertz CT molecular complexity index is 392. The molecule has 1 amide bonds. The number of amides is 1. The summed E-state index contributed by atoms with van der Waals surface area (Å²) in [6.45, 7) is 0. The molecule has 5 nitrogen and oxygen atoms in total. The molecule has 5 N–H and O–H groups in total. The number of hydrogen-bond donors (Lipinski definition) is 3. The van der Waals surface area contributed by atoms with Crippen molar-refractivity contribution in [1.82, 2.24) is 0 Å². The topological polar surface area (TPSA) is 102 Å². The second kappa shape index (κ2) is 5.37. The van der Waals surface area contributed by atoms with E-state index in [-0.39, 0.29) is 5.84 Å². The van der Waals surface area contributed by atoms with Crippen molar-refractivity contribution in [3.63, 3.8) is 0 Å². The lowest BCUT2D eigenvalue weighted by Gasteiger charge is -2.14. The third-order valence-electron chi connectivity index (χ3n) is 1.94. The molecule has 0 aliphatic rings. The SMILES string of the molecule is N=C(N)C(Cc1ccc(Cl)cc1)OC(N)=O. The van der Waals surface area contributed by atoms with Gasteiger partial charge in [-0.1, -0.05) is 23.7 Å². The summed E-state index contributed by atoms with van der Waals surface area (Å²) in [6, 6.07) is 6.95. The van der Waals surface area contributed by atoms with Crippen molar-refractivity contribution in [2.75, 3.05) is 0 Å². The number of rotatable bonds is 4. The van der Waals surface area contributed by atoms with Crippen molar-refractivity contribution in [3.8, 4) is 0 Å². The van der Waals surface area contributed by atoms with Crippen molar-refractivity contribution >= 4 is 23.5 Å². The second-order valence-corrected chi connectivity index (χ2v) is 3.65. The molecular weight excluding hydrogens is 230 g/mol. The van der Waals surface area contributed by atoms with Crippen LogP contribution < -0.4 is 11.5 Å². The van der Waals surface area contributed by atoms with Gasteiger partial charge < -0.3 is 16.2 Å². The molecule has 0 heterocycles. The second-order valence-electron chi connectivity index (χ2n) is 3.21. The highest BCUT2D eigenvalue weighted by Gasteiger charge is 2.16. The van der Waals surface area contributed by atoms with Gasteiger partial charge in [-0.05, 0) is 17.7 Å². The Balaban J connectivity index is 2.71. The van der Waals surface area contributed by atoms with Crippen molar-refractivity contribution in [2.24, 2.45) is 11.5 Å². The molecular formula is C10H12ClN3O2. The van der Waals surface area contributed by atoms with E-state index < -0.39 is 12.2 Å². The standard InChI is InChI=1S/C10H12ClN3O2/c11-7-3-1-6(2-4-7)5-8(9(12)13)16-10(14)15/h1-4,8H,5H2,(H3,12,13)(H2,14,15). The van der Waals surface area contributed by atoms with E-state index in [1.165, 1.54) is 0 Å². The van der Waals surface area contributed by atoms with E-state index in [0.717, 1.165) is 5.56 Å². The van der Waals surface area contributed by atoms with Gasteiger partial charge in [0.25, 0.3) is 0 Å². The van der Waals surface area contributed by atoms with Crippen molar-refractivity contribution < 1.29 is 9.53 Å². The third-order valence-corrected chi connectivity index (χ3v) is 2.19. The minimum Gasteiger partial charge on any atom is -0.438 e. The van der Waals surface area contributed by atoms with Gasteiger partial charge in [0, 0.05) is 11.4 Å². The summed E-state index contributed by atoms with van der Waals surface area (Å²) in [7, 11) is 0. The lowest BCUT2D eigenvalue weighted by Crippen LogP contribution is -2.36. The molecule has 1 atom stereocenters. The van der Waals surface area contributed by atoms with E-state index in [1.807, 2.05) is 0 Å². The zero-order valence-electron chi connectivity index (χ0n) is 8.44. The normalized spacial score (nSPS) is 11.8. The first-order valence-electron chi connectivity index (χ1n) is 4.53. The first-order chi connectivity index (χ1) is 7.49. The van der Waals surface area contributed by atoms with Crippen molar-refractivity contribution in [2.45, 2.75) is 12.5 Å². The van der Waals surface area contributed by atoms with Gasteiger partial charge in [0.2, 0.25) is 0 Å². The molecule has 0 fully saturated rings. The molecule has 0 saturated carbocycles. The minimum absolute atomic E-state index is 0.242. The maximum atomic E-state index is 10.6. The average molecular weight is 242 g/mol. The van der Waals surface area contributed by atoms with E-state index in [2.05, 4.69) is 0 Å². The summed E-state index contributed by atoms with van der Waals surface area (Å²) in [4.78, 5) is 10.6. The number of amidine groups is 1. The Kier molecular flexibility index (Phi) is 4.13. The van der Waals surface area contributed by atoms with E-state index in [1.54, 1.807) is 24.3 Å². The molecule has 0 radical (unpaired) electrons. The number of primary amides is 1. The molecule has 0 saturated heterocycles. The zero-order chi connectivity index (χ0) is 12.1. The van der Waals surface area contributed by atoms with Gasteiger partial charge in [-0.25, -0.2) is 4.79 Å². The van der Waals surface area contributed by atoms with Gasteiger partial charge in [0.15, 0.2) is 6.10 Å². The fourth-order valence-corrected chi connectivity index (χ4v) is 1.32. The van der Waals surface area contributed by atoms with Crippen LogP contribution in [0.1, 0.15) is 5.56 Å². The van der Waals surface area contributed by atoms with Crippen LogP contribution in [0.4, 0.5) is 4.79 Å². The number of hydrogen-bond acceptors (Lipinski definition) is 3. The molecule has 1 aromatic rings. The average Bonchev–Trinajstić information content (AvgIpc) is 2.19. The molecule has 1 rings (SSSR count). The van der Waals surface area contributed by atoms with Crippen LogP contribution in [0.15, 0.2) is 24.3 Å². The van der Waals surface area contributed by atoms with Gasteiger partial charge in [-0.15, -0.1) is 0 Å². The summed E-state index contributed by atoms with van der Waals surface area (Å²) >= 11 is 5.72. The molecule has 0 aliphatic carbocycles. The number of halogens is 1. The third kappa shape index (κ3) is 3.78. The largest absolute Gasteiger partial charge is 0.438 e. The summed E-state index contributed by atoms with van der Waals surface area (Å²) in [5.41, 5.74) is 11.0. The highest BCUT2D eigenvalue weighted by Crippen LogP contribution is 2.12. The predicted octanol–water partition coefficient (Wildman–Crippen LogP) is 1.28. The first kappa shape index (κ1) is 12.3. The maximum absolute atomic E-state index is 10.6.